The van der Waals surface area contributed by atoms with Crippen LogP contribution >= 0.6 is 11.3 Å². The highest BCUT2D eigenvalue weighted by molar-refractivity contribution is 7.13. The summed E-state index contributed by atoms with van der Waals surface area (Å²) < 4.78 is 0. The van der Waals surface area contributed by atoms with Crippen molar-refractivity contribution in [3.63, 3.8) is 0 Å². The SMILES string of the molecule is CCc1ccc(-c2nc(CC(=O)Nc3cccc(C)c3C)cs2)cc1. The van der Waals surface area contributed by atoms with E-state index in [1.165, 1.54) is 11.1 Å². The van der Waals surface area contributed by atoms with Crippen LogP contribution < -0.4 is 5.32 Å². The number of hydrogen-bond acceptors (Lipinski definition) is 3. The summed E-state index contributed by atoms with van der Waals surface area (Å²) in [5.74, 6) is -0.0353. The highest BCUT2D eigenvalue weighted by atomic mass is 32.1. The van der Waals surface area contributed by atoms with E-state index in [-0.39, 0.29) is 12.3 Å². The van der Waals surface area contributed by atoms with Crippen molar-refractivity contribution >= 4 is 22.9 Å². The molecule has 0 saturated heterocycles. The first-order chi connectivity index (χ1) is 12.1. The molecular weight excluding hydrogens is 328 g/mol. The van der Waals surface area contributed by atoms with Gasteiger partial charge in [-0.15, -0.1) is 11.3 Å². The first kappa shape index (κ1) is 17.4. The predicted molar refractivity (Wildman–Crippen MR) is 105 cm³/mol. The fourth-order valence-electron chi connectivity index (χ4n) is 2.65. The van der Waals surface area contributed by atoms with Crippen molar-refractivity contribution < 1.29 is 4.79 Å². The molecule has 0 unspecified atom stereocenters. The van der Waals surface area contributed by atoms with Crippen LogP contribution in [0.3, 0.4) is 0 Å². The van der Waals surface area contributed by atoms with Crippen molar-refractivity contribution in [1.29, 1.82) is 0 Å². The number of aryl methyl sites for hydroxylation is 2. The maximum atomic E-state index is 12.3. The Labute approximate surface area is 152 Å². The molecule has 1 N–H and O–H groups in total. The monoisotopic (exact) mass is 350 g/mol. The Hall–Kier alpha value is -2.46. The zero-order chi connectivity index (χ0) is 17.8. The Bertz CT molecular complexity index is 881. The zero-order valence-electron chi connectivity index (χ0n) is 14.8. The Morgan fingerprint density at radius 2 is 1.88 bits per heavy atom. The minimum absolute atomic E-state index is 0.0353. The van der Waals surface area contributed by atoms with Crippen LogP contribution in [0.5, 0.6) is 0 Å². The minimum atomic E-state index is -0.0353. The lowest BCUT2D eigenvalue weighted by molar-refractivity contribution is -0.115. The van der Waals surface area contributed by atoms with Gasteiger partial charge in [0.05, 0.1) is 12.1 Å². The van der Waals surface area contributed by atoms with E-state index >= 15 is 0 Å². The van der Waals surface area contributed by atoms with Crippen molar-refractivity contribution in [3.05, 3.63) is 70.2 Å². The van der Waals surface area contributed by atoms with Crippen LogP contribution in [-0.4, -0.2) is 10.9 Å². The molecule has 0 aliphatic heterocycles. The molecule has 2 aromatic carbocycles. The Kier molecular flexibility index (Phi) is 5.29. The predicted octanol–water partition coefficient (Wildman–Crippen LogP) is 5.17. The van der Waals surface area contributed by atoms with Gasteiger partial charge in [0.15, 0.2) is 0 Å². The normalized spacial score (nSPS) is 10.7. The molecule has 3 aromatic rings. The van der Waals surface area contributed by atoms with E-state index < -0.39 is 0 Å². The van der Waals surface area contributed by atoms with Crippen LogP contribution in [0.1, 0.15) is 29.3 Å². The molecule has 0 radical (unpaired) electrons. The van der Waals surface area contributed by atoms with Crippen LogP contribution in [0.2, 0.25) is 0 Å². The van der Waals surface area contributed by atoms with Gasteiger partial charge in [0.2, 0.25) is 5.91 Å². The minimum Gasteiger partial charge on any atom is -0.325 e. The number of carbonyl (C=O) groups is 1. The highest BCUT2D eigenvalue weighted by Crippen LogP contribution is 2.25. The summed E-state index contributed by atoms with van der Waals surface area (Å²) in [6.45, 7) is 6.21. The third kappa shape index (κ3) is 4.15. The number of nitrogens with one attached hydrogen (secondary N) is 1. The van der Waals surface area contributed by atoms with E-state index in [4.69, 9.17) is 0 Å². The van der Waals surface area contributed by atoms with E-state index in [1.807, 2.05) is 37.4 Å². The number of hydrogen-bond donors (Lipinski definition) is 1. The lowest BCUT2D eigenvalue weighted by Crippen LogP contribution is -2.15. The van der Waals surface area contributed by atoms with Crippen LogP contribution in [0, 0.1) is 13.8 Å². The summed E-state index contributed by atoms with van der Waals surface area (Å²) in [7, 11) is 0. The Balaban J connectivity index is 1.68. The first-order valence-corrected chi connectivity index (χ1v) is 9.34. The largest absolute Gasteiger partial charge is 0.325 e. The second-order valence-corrected chi connectivity index (χ2v) is 7.02. The van der Waals surface area contributed by atoms with Gasteiger partial charge in [-0.05, 0) is 43.0 Å². The number of carbonyl (C=O) groups excluding carboxylic acids is 1. The number of amides is 1. The molecule has 128 valence electrons. The number of anilines is 1. The maximum Gasteiger partial charge on any atom is 0.230 e. The van der Waals surface area contributed by atoms with Crippen molar-refractivity contribution in [1.82, 2.24) is 4.98 Å². The summed E-state index contributed by atoms with van der Waals surface area (Å²) >= 11 is 1.58. The van der Waals surface area contributed by atoms with Crippen LogP contribution in [0.25, 0.3) is 10.6 Å². The van der Waals surface area contributed by atoms with Gasteiger partial charge < -0.3 is 5.32 Å². The second-order valence-electron chi connectivity index (χ2n) is 6.17. The fraction of sp³-hybridized carbons (Fsp3) is 0.238. The second kappa shape index (κ2) is 7.62. The van der Waals surface area contributed by atoms with Crippen LogP contribution in [0.4, 0.5) is 5.69 Å². The summed E-state index contributed by atoms with van der Waals surface area (Å²) in [5.41, 5.74) is 6.37. The molecule has 3 rings (SSSR count). The summed E-state index contributed by atoms with van der Waals surface area (Å²) in [4.78, 5) is 16.9. The topological polar surface area (TPSA) is 42.0 Å². The zero-order valence-corrected chi connectivity index (χ0v) is 15.6. The standard InChI is InChI=1S/C21H22N2OS/c1-4-16-8-10-17(11-9-16)21-22-18(13-25-21)12-20(24)23-19-7-5-6-14(2)15(19)3/h5-11,13H,4,12H2,1-3H3,(H,23,24). The van der Waals surface area contributed by atoms with E-state index in [1.54, 1.807) is 11.3 Å². The third-order valence-corrected chi connectivity index (χ3v) is 5.32. The number of nitrogens with zero attached hydrogens (tertiary/aromatic N) is 1. The average molecular weight is 350 g/mol. The quantitative estimate of drug-likeness (QED) is 0.690. The van der Waals surface area contributed by atoms with Gasteiger partial charge in [0, 0.05) is 16.6 Å². The molecule has 1 heterocycles. The van der Waals surface area contributed by atoms with Gasteiger partial charge in [-0.1, -0.05) is 43.3 Å². The van der Waals surface area contributed by atoms with E-state index in [0.29, 0.717) is 0 Å². The number of thiazole rings is 1. The maximum absolute atomic E-state index is 12.3. The molecular formula is C21H22N2OS. The van der Waals surface area contributed by atoms with Gasteiger partial charge in [-0.2, -0.15) is 0 Å². The summed E-state index contributed by atoms with van der Waals surface area (Å²) in [5, 5.41) is 5.91. The van der Waals surface area contributed by atoms with Crippen molar-refractivity contribution in [2.75, 3.05) is 5.32 Å². The number of aromatic nitrogens is 1. The van der Waals surface area contributed by atoms with Crippen LogP contribution in [-0.2, 0) is 17.6 Å². The van der Waals surface area contributed by atoms with Crippen molar-refractivity contribution in [2.45, 2.75) is 33.6 Å². The number of benzene rings is 2. The van der Waals surface area contributed by atoms with E-state index in [9.17, 15) is 4.79 Å². The Morgan fingerprint density at radius 3 is 2.60 bits per heavy atom. The van der Waals surface area contributed by atoms with Gasteiger partial charge in [-0.25, -0.2) is 4.98 Å². The van der Waals surface area contributed by atoms with Gasteiger partial charge >= 0.3 is 0 Å². The van der Waals surface area contributed by atoms with Crippen molar-refractivity contribution in [2.24, 2.45) is 0 Å². The van der Waals surface area contributed by atoms with Gasteiger partial charge in [0.1, 0.15) is 5.01 Å². The van der Waals surface area contributed by atoms with E-state index in [0.717, 1.165) is 33.9 Å². The molecule has 4 heteroatoms. The molecule has 3 nitrogen and oxygen atoms in total. The molecule has 1 aromatic heterocycles. The number of rotatable bonds is 5. The molecule has 1 amide bonds. The van der Waals surface area contributed by atoms with E-state index in [2.05, 4.69) is 41.5 Å². The molecule has 0 spiro atoms. The average Bonchev–Trinajstić information content (AvgIpc) is 3.07. The Morgan fingerprint density at radius 1 is 1.12 bits per heavy atom. The van der Waals surface area contributed by atoms with Gasteiger partial charge in [-0.3, -0.25) is 4.79 Å². The first-order valence-electron chi connectivity index (χ1n) is 8.46. The fourth-order valence-corrected chi connectivity index (χ4v) is 3.48. The molecule has 0 fully saturated rings. The lowest BCUT2D eigenvalue weighted by Gasteiger charge is -2.09. The van der Waals surface area contributed by atoms with Gasteiger partial charge in [0.25, 0.3) is 0 Å². The summed E-state index contributed by atoms with van der Waals surface area (Å²) in [6.07, 6.45) is 1.32. The smallest absolute Gasteiger partial charge is 0.230 e. The molecule has 25 heavy (non-hydrogen) atoms. The third-order valence-electron chi connectivity index (χ3n) is 4.38. The van der Waals surface area contributed by atoms with Crippen molar-refractivity contribution in [3.8, 4) is 10.6 Å². The van der Waals surface area contributed by atoms with Crippen LogP contribution in [0.15, 0.2) is 47.8 Å². The molecule has 0 saturated carbocycles. The highest BCUT2D eigenvalue weighted by Gasteiger charge is 2.11. The molecule has 0 aliphatic rings. The molecule has 0 bridgehead atoms. The molecule has 0 aliphatic carbocycles. The lowest BCUT2D eigenvalue weighted by atomic mass is 10.1. The summed E-state index contributed by atoms with van der Waals surface area (Å²) in [6, 6.07) is 14.4. The molecule has 0 atom stereocenters.